The maximum absolute atomic E-state index is 5.75. The number of anilines is 2. The molecule has 0 bridgehead atoms. The second-order valence-electron chi connectivity index (χ2n) is 3.35. The van der Waals surface area contributed by atoms with Crippen LogP contribution in [0.1, 0.15) is 0 Å². The first-order valence-electron chi connectivity index (χ1n) is 5.08. The molecule has 17 heavy (non-hydrogen) atoms. The number of benzene rings is 1. The van der Waals surface area contributed by atoms with Crippen molar-refractivity contribution in [3.63, 3.8) is 0 Å². The second-order valence-corrected chi connectivity index (χ2v) is 4.45. The fourth-order valence-electron chi connectivity index (χ4n) is 1.42. The van der Waals surface area contributed by atoms with Crippen molar-refractivity contribution in [3.8, 4) is 12.3 Å². The summed E-state index contributed by atoms with van der Waals surface area (Å²) >= 11 is 1.70. The summed E-state index contributed by atoms with van der Waals surface area (Å²) in [7, 11) is 0. The molecule has 0 amide bonds. The molecule has 1 aromatic carbocycles. The van der Waals surface area contributed by atoms with Gasteiger partial charge < -0.3 is 11.1 Å². The second kappa shape index (κ2) is 5.46. The number of fused-ring (bicyclic) bond motifs is 1. The molecular weight excluding hydrogens is 236 g/mol. The van der Waals surface area contributed by atoms with E-state index in [-0.39, 0.29) is 0 Å². The maximum Gasteiger partial charge on any atom is 0.160 e. The van der Waals surface area contributed by atoms with Gasteiger partial charge in [0.15, 0.2) is 11.0 Å². The Morgan fingerprint density at radius 3 is 3.06 bits per heavy atom. The van der Waals surface area contributed by atoms with E-state index in [2.05, 4.69) is 26.2 Å². The fourth-order valence-corrected chi connectivity index (χ4v) is 1.93. The van der Waals surface area contributed by atoms with Gasteiger partial charge in [0, 0.05) is 12.3 Å². The Morgan fingerprint density at radius 2 is 2.24 bits per heavy atom. The standard InChI is InChI=1S/C11H12N4OS/c1-2-6-17-7-5-13-9-4-3-8(12)10-11(9)15-16-14-10/h1,3-4,13H,5-7,12H2. The zero-order chi connectivity index (χ0) is 12.1. The number of nitrogens with zero attached hydrogens (tertiary/aromatic N) is 2. The molecule has 88 valence electrons. The van der Waals surface area contributed by atoms with Crippen LogP contribution in [0.4, 0.5) is 11.4 Å². The lowest BCUT2D eigenvalue weighted by Gasteiger charge is -2.05. The van der Waals surface area contributed by atoms with E-state index in [0.717, 1.165) is 23.7 Å². The minimum absolute atomic E-state index is 0.563. The van der Waals surface area contributed by atoms with Gasteiger partial charge in [-0.15, -0.1) is 18.2 Å². The average molecular weight is 248 g/mol. The molecule has 6 heteroatoms. The minimum atomic E-state index is 0.563. The molecule has 3 N–H and O–H groups in total. The Kier molecular flexibility index (Phi) is 3.73. The largest absolute Gasteiger partial charge is 0.397 e. The van der Waals surface area contributed by atoms with Crippen molar-refractivity contribution in [2.75, 3.05) is 29.1 Å². The van der Waals surface area contributed by atoms with E-state index in [1.165, 1.54) is 0 Å². The molecule has 2 rings (SSSR count). The van der Waals surface area contributed by atoms with Crippen molar-refractivity contribution in [2.24, 2.45) is 0 Å². The monoisotopic (exact) mass is 248 g/mol. The zero-order valence-electron chi connectivity index (χ0n) is 9.14. The normalized spacial score (nSPS) is 10.3. The van der Waals surface area contributed by atoms with Crippen molar-refractivity contribution in [2.45, 2.75) is 0 Å². The highest BCUT2D eigenvalue weighted by Crippen LogP contribution is 2.24. The molecule has 0 aliphatic heterocycles. The number of terminal acetylenes is 1. The van der Waals surface area contributed by atoms with Crippen LogP contribution >= 0.6 is 11.8 Å². The Morgan fingerprint density at radius 1 is 1.41 bits per heavy atom. The first kappa shape index (κ1) is 11.6. The molecule has 0 saturated carbocycles. The third kappa shape index (κ3) is 2.63. The van der Waals surface area contributed by atoms with Crippen LogP contribution in [0.2, 0.25) is 0 Å². The summed E-state index contributed by atoms with van der Waals surface area (Å²) in [5, 5.41) is 10.8. The van der Waals surface area contributed by atoms with E-state index in [1.807, 2.05) is 6.07 Å². The van der Waals surface area contributed by atoms with Gasteiger partial charge in [-0.05, 0) is 22.4 Å². The molecule has 0 radical (unpaired) electrons. The van der Waals surface area contributed by atoms with E-state index in [9.17, 15) is 0 Å². The highest BCUT2D eigenvalue weighted by molar-refractivity contribution is 7.99. The predicted octanol–water partition coefficient (Wildman–Crippen LogP) is 1.58. The SMILES string of the molecule is C#CCSCCNc1ccc(N)c2nonc12. The molecule has 0 saturated heterocycles. The van der Waals surface area contributed by atoms with Crippen molar-refractivity contribution in [3.05, 3.63) is 12.1 Å². The third-order valence-electron chi connectivity index (χ3n) is 2.19. The summed E-state index contributed by atoms with van der Waals surface area (Å²) in [6.45, 7) is 0.804. The van der Waals surface area contributed by atoms with Crippen molar-refractivity contribution >= 4 is 34.2 Å². The van der Waals surface area contributed by atoms with Gasteiger partial charge in [-0.2, -0.15) is 0 Å². The summed E-state index contributed by atoms with van der Waals surface area (Å²) in [4.78, 5) is 0. The zero-order valence-corrected chi connectivity index (χ0v) is 9.96. The topological polar surface area (TPSA) is 77.0 Å². The van der Waals surface area contributed by atoms with Crippen molar-refractivity contribution < 1.29 is 4.63 Å². The van der Waals surface area contributed by atoms with Crippen LogP contribution in [-0.4, -0.2) is 28.4 Å². The van der Waals surface area contributed by atoms with Crippen LogP contribution in [0.3, 0.4) is 0 Å². The number of nitrogen functional groups attached to an aromatic ring is 1. The molecule has 1 aromatic heterocycles. The highest BCUT2D eigenvalue weighted by atomic mass is 32.2. The lowest BCUT2D eigenvalue weighted by Crippen LogP contribution is -2.05. The molecule has 1 heterocycles. The Labute approximate surface area is 103 Å². The number of aromatic nitrogens is 2. The van der Waals surface area contributed by atoms with Gasteiger partial charge in [-0.25, -0.2) is 4.63 Å². The van der Waals surface area contributed by atoms with Gasteiger partial charge in [-0.3, -0.25) is 0 Å². The lowest BCUT2D eigenvalue weighted by atomic mass is 10.2. The number of thioether (sulfide) groups is 1. The van der Waals surface area contributed by atoms with Crippen LogP contribution in [0.5, 0.6) is 0 Å². The van der Waals surface area contributed by atoms with Crippen LogP contribution in [-0.2, 0) is 0 Å². The lowest BCUT2D eigenvalue weighted by molar-refractivity contribution is 0.316. The van der Waals surface area contributed by atoms with Crippen LogP contribution in [0, 0.1) is 12.3 Å². The fraction of sp³-hybridized carbons (Fsp3) is 0.273. The van der Waals surface area contributed by atoms with Crippen molar-refractivity contribution in [1.82, 2.24) is 10.3 Å². The van der Waals surface area contributed by atoms with Gasteiger partial charge in [0.1, 0.15) is 0 Å². The van der Waals surface area contributed by atoms with E-state index < -0.39 is 0 Å². The highest BCUT2D eigenvalue weighted by Gasteiger charge is 2.09. The van der Waals surface area contributed by atoms with Gasteiger partial charge in [0.25, 0.3) is 0 Å². The van der Waals surface area contributed by atoms with Crippen molar-refractivity contribution in [1.29, 1.82) is 0 Å². The number of rotatable bonds is 5. The van der Waals surface area contributed by atoms with Gasteiger partial charge in [-0.1, -0.05) is 5.92 Å². The first-order chi connectivity index (χ1) is 8.33. The molecule has 0 atom stereocenters. The van der Waals surface area contributed by atoms with Crippen LogP contribution in [0.15, 0.2) is 16.8 Å². The summed E-state index contributed by atoms with van der Waals surface area (Å²) < 4.78 is 4.68. The van der Waals surface area contributed by atoms with E-state index in [4.69, 9.17) is 12.2 Å². The Hall–Kier alpha value is -1.87. The number of hydrogen-bond acceptors (Lipinski definition) is 6. The molecule has 0 aliphatic carbocycles. The predicted molar refractivity (Wildman–Crippen MR) is 70.9 cm³/mol. The Balaban J connectivity index is 2.02. The van der Waals surface area contributed by atoms with Gasteiger partial charge >= 0.3 is 0 Å². The summed E-state index contributed by atoms with van der Waals surface area (Å²) in [6, 6.07) is 3.65. The van der Waals surface area contributed by atoms with Crippen LogP contribution in [0.25, 0.3) is 11.0 Å². The van der Waals surface area contributed by atoms with E-state index >= 15 is 0 Å². The van der Waals surface area contributed by atoms with Gasteiger partial charge in [0.2, 0.25) is 0 Å². The maximum atomic E-state index is 5.75. The number of nitrogens with two attached hydrogens (primary N) is 1. The van der Waals surface area contributed by atoms with Gasteiger partial charge in [0.05, 0.1) is 17.1 Å². The summed E-state index contributed by atoms with van der Waals surface area (Å²) in [6.07, 6.45) is 5.16. The minimum Gasteiger partial charge on any atom is -0.397 e. The van der Waals surface area contributed by atoms with E-state index in [0.29, 0.717) is 16.7 Å². The van der Waals surface area contributed by atoms with Crippen LogP contribution < -0.4 is 11.1 Å². The first-order valence-corrected chi connectivity index (χ1v) is 6.24. The molecule has 2 aromatic rings. The third-order valence-corrected chi connectivity index (χ3v) is 3.06. The summed E-state index contributed by atoms with van der Waals surface area (Å²) in [5.74, 6) is 4.24. The molecule has 0 unspecified atom stereocenters. The average Bonchev–Trinajstić information content (AvgIpc) is 2.81. The molecule has 0 spiro atoms. The molecular formula is C11H12N4OS. The molecule has 0 aliphatic rings. The molecule has 5 nitrogen and oxygen atoms in total. The number of hydrogen-bond donors (Lipinski definition) is 2. The number of nitrogens with one attached hydrogen (secondary N) is 1. The van der Waals surface area contributed by atoms with E-state index in [1.54, 1.807) is 17.8 Å². The smallest absolute Gasteiger partial charge is 0.160 e. The Bertz CT molecular complexity index is 546. The molecule has 0 fully saturated rings. The summed E-state index contributed by atoms with van der Waals surface area (Å²) in [5.41, 5.74) is 8.43. The quantitative estimate of drug-likeness (QED) is 0.475.